The minimum absolute atomic E-state index is 0.00454. The Hall–Kier alpha value is -0.220. The van der Waals surface area contributed by atoms with Gasteiger partial charge in [-0.2, -0.15) is 0 Å². The van der Waals surface area contributed by atoms with Crippen LogP contribution in [0.5, 0.6) is 0 Å². The van der Waals surface area contributed by atoms with Gasteiger partial charge < -0.3 is 10.1 Å². The summed E-state index contributed by atoms with van der Waals surface area (Å²) in [5, 5.41) is 2.66. The lowest BCUT2D eigenvalue weighted by molar-refractivity contribution is 0.00812. The van der Waals surface area contributed by atoms with Gasteiger partial charge in [-0.1, -0.05) is 6.92 Å². The van der Waals surface area contributed by atoms with Crippen molar-refractivity contribution in [1.29, 1.82) is 0 Å². The molecule has 0 aromatic rings. The Balaban J connectivity index is 3.63. The van der Waals surface area contributed by atoms with Crippen LogP contribution in [0.15, 0.2) is 0 Å². The molecule has 0 saturated carbocycles. The highest BCUT2D eigenvalue weighted by Crippen LogP contribution is 2.02. The summed E-state index contributed by atoms with van der Waals surface area (Å²) in [5.74, 6) is 0. The van der Waals surface area contributed by atoms with Gasteiger partial charge in [-0.25, -0.2) is 8.78 Å². The average Bonchev–Trinajstić information content (AvgIpc) is 1.96. The maximum Gasteiger partial charge on any atom is 0.255 e. The molecule has 1 N–H and O–H groups in total. The van der Waals surface area contributed by atoms with Crippen molar-refractivity contribution < 1.29 is 13.5 Å². The minimum Gasteiger partial charge on any atom is -0.377 e. The lowest BCUT2D eigenvalue weighted by atomic mass is 10.3. The molecule has 1 atom stereocenters. The summed E-state index contributed by atoms with van der Waals surface area (Å²) in [6, 6.07) is -0.836. The third-order valence-electron chi connectivity index (χ3n) is 1.38. The number of ether oxygens (including phenoxy) is 1. The molecule has 0 aliphatic heterocycles. The largest absolute Gasteiger partial charge is 0.377 e. The van der Waals surface area contributed by atoms with Gasteiger partial charge in [0, 0.05) is 0 Å². The van der Waals surface area contributed by atoms with Crippen LogP contribution in [0.1, 0.15) is 20.8 Å². The summed E-state index contributed by atoms with van der Waals surface area (Å²) in [6.45, 7) is 6.06. The third kappa shape index (κ3) is 5.43. The second kappa shape index (κ2) is 6.31. The van der Waals surface area contributed by atoms with Crippen molar-refractivity contribution >= 4 is 0 Å². The topological polar surface area (TPSA) is 21.3 Å². The van der Waals surface area contributed by atoms with E-state index in [4.69, 9.17) is 4.74 Å². The molecule has 0 amide bonds. The Morgan fingerprint density at radius 2 is 1.92 bits per heavy atom. The second-order valence-corrected chi connectivity index (χ2v) is 2.88. The molecule has 0 aliphatic rings. The van der Waals surface area contributed by atoms with Gasteiger partial charge in [-0.05, 0) is 20.4 Å². The first-order chi connectivity index (χ1) is 5.57. The van der Waals surface area contributed by atoms with Crippen LogP contribution in [-0.4, -0.2) is 31.7 Å². The van der Waals surface area contributed by atoms with Crippen LogP contribution in [0, 0.1) is 0 Å². The molecule has 0 fully saturated rings. The predicted octanol–water partition coefficient (Wildman–Crippen LogP) is 1.65. The summed E-state index contributed by atoms with van der Waals surface area (Å²) in [4.78, 5) is 0. The van der Waals surface area contributed by atoms with E-state index in [0.29, 0.717) is 6.54 Å². The molecular weight excluding hydrogens is 164 g/mol. The van der Waals surface area contributed by atoms with Crippen molar-refractivity contribution in [3.05, 3.63) is 0 Å². The summed E-state index contributed by atoms with van der Waals surface area (Å²) >= 11 is 0. The smallest absolute Gasteiger partial charge is 0.255 e. The van der Waals surface area contributed by atoms with Crippen molar-refractivity contribution in [3.63, 3.8) is 0 Å². The third-order valence-corrected chi connectivity index (χ3v) is 1.38. The molecule has 4 heteroatoms. The maximum atomic E-state index is 12.2. The second-order valence-electron chi connectivity index (χ2n) is 2.88. The standard InChI is InChI=1S/C8H17F2NO/c1-4-11-7(8(9)10)5-12-6(2)3/h6-8,11H,4-5H2,1-3H3. The van der Waals surface area contributed by atoms with E-state index >= 15 is 0 Å². The van der Waals surface area contributed by atoms with Crippen LogP contribution in [-0.2, 0) is 4.74 Å². The molecule has 0 aliphatic carbocycles. The number of nitrogens with one attached hydrogen (secondary N) is 1. The average molecular weight is 181 g/mol. The van der Waals surface area contributed by atoms with Crippen molar-refractivity contribution in [2.45, 2.75) is 39.3 Å². The SMILES string of the molecule is CCNC(COC(C)C)C(F)F. The summed E-state index contributed by atoms with van der Waals surface area (Å²) < 4.78 is 29.5. The molecule has 0 bridgehead atoms. The van der Waals surface area contributed by atoms with Crippen LogP contribution >= 0.6 is 0 Å². The van der Waals surface area contributed by atoms with Crippen molar-refractivity contribution in [2.75, 3.05) is 13.2 Å². The van der Waals surface area contributed by atoms with Crippen molar-refractivity contribution in [2.24, 2.45) is 0 Å². The molecule has 0 heterocycles. The zero-order valence-corrected chi connectivity index (χ0v) is 7.81. The molecule has 0 spiro atoms. The molecule has 2 nitrogen and oxygen atoms in total. The highest BCUT2D eigenvalue weighted by Gasteiger charge is 2.19. The highest BCUT2D eigenvalue weighted by molar-refractivity contribution is 4.67. The van der Waals surface area contributed by atoms with E-state index in [1.807, 2.05) is 13.8 Å². The van der Waals surface area contributed by atoms with Crippen molar-refractivity contribution in [3.8, 4) is 0 Å². The molecule has 0 saturated heterocycles. The Kier molecular flexibility index (Phi) is 6.20. The molecule has 1 unspecified atom stereocenters. The van der Waals surface area contributed by atoms with E-state index < -0.39 is 12.5 Å². The van der Waals surface area contributed by atoms with E-state index in [1.54, 1.807) is 6.92 Å². The lowest BCUT2D eigenvalue weighted by Crippen LogP contribution is -2.40. The Labute approximate surface area is 72.3 Å². The van der Waals surface area contributed by atoms with Crippen LogP contribution < -0.4 is 5.32 Å². The van der Waals surface area contributed by atoms with Crippen LogP contribution in [0.2, 0.25) is 0 Å². The van der Waals surface area contributed by atoms with Gasteiger partial charge >= 0.3 is 0 Å². The monoisotopic (exact) mass is 181 g/mol. The Morgan fingerprint density at radius 1 is 1.33 bits per heavy atom. The van der Waals surface area contributed by atoms with E-state index in [-0.39, 0.29) is 12.7 Å². The molecule has 12 heavy (non-hydrogen) atoms. The number of rotatable bonds is 6. The normalized spacial score (nSPS) is 14.2. The molecule has 0 radical (unpaired) electrons. The summed E-state index contributed by atoms with van der Waals surface area (Å²) in [6.07, 6.45) is -2.35. The first-order valence-electron chi connectivity index (χ1n) is 4.21. The number of halogens is 2. The van der Waals surface area contributed by atoms with E-state index in [0.717, 1.165) is 0 Å². The van der Waals surface area contributed by atoms with Gasteiger partial charge in [0.1, 0.15) is 0 Å². The van der Waals surface area contributed by atoms with Crippen LogP contribution in [0.25, 0.3) is 0 Å². The fourth-order valence-electron chi connectivity index (χ4n) is 0.779. The van der Waals surface area contributed by atoms with E-state index in [2.05, 4.69) is 5.32 Å². The summed E-state index contributed by atoms with van der Waals surface area (Å²) in [7, 11) is 0. The molecule has 0 aromatic heterocycles. The first-order valence-corrected chi connectivity index (χ1v) is 4.21. The van der Waals surface area contributed by atoms with E-state index in [9.17, 15) is 8.78 Å². The summed E-state index contributed by atoms with van der Waals surface area (Å²) in [5.41, 5.74) is 0. The van der Waals surface area contributed by atoms with Crippen LogP contribution in [0.3, 0.4) is 0 Å². The van der Waals surface area contributed by atoms with Gasteiger partial charge in [0.05, 0.1) is 18.8 Å². The molecular formula is C8H17F2NO. The van der Waals surface area contributed by atoms with Crippen molar-refractivity contribution in [1.82, 2.24) is 5.32 Å². The quantitative estimate of drug-likeness (QED) is 0.672. The molecule has 0 rings (SSSR count). The first kappa shape index (κ1) is 11.8. The zero-order chi connectivity index (χ0) is 9.56. The van der Waals surface area contributed by atoms with Gasteiger partial charge in [0.15, 0.2) is 0 Å². The maximum absolute atomic E-state index is 12.2. The minimum atomic E-state index is -2.36. The highest BCUT2D eigenvalue weighted by atomic mass is 19.3. The number of hydrogen-bond donors (Lipinski definition) is 1. The number of hydrogen-bond acceptors (Lipinski definition) is 2. The number of alkyl halides is 2. The van der Waals surface area contributed by atoms with Gasteiger partial charge in [-0.15, -0.1) is 0 Å². The van der Waals surface area contributed by atoms with Crippen LogP contribution in [0.4, 0.5) is 8.78 Å². The zero-order valence-electron chi connectivity index (χ0n) is 7.81. The van der Waals surface area contributed by atoms with Gasteiger partial charge in [0.2, 0.25) is 0 Å². The Morgan fingerprint density at radius 3 is 2.25 bits per heavy atom. The van der Waals surface area contributed by atoms with E-state index in [1.165, 1.54) is 0 Å². The molecule has 0 aromatic carbocycles. The van der Waals surface area contributed by atoms with Gasteiger partial charge in [0.25, 0.3) is 6.43 Å². The fraction of sp³-hybridized carbons (Fsp3) is 1.00. The molecule has 74 valence electrons. The predicted molar refractivity (Wildman–Crippen MR) is 44.6 cm³/mol. The number of likely N-dealkylation sites (N-methyl/N-ethyl adjacent to an activating group) is 1. The van der Waals surface area contributed by atoms with Gasteiger partial charge in [-0.3, -0.25) is 0 Å². The Bertz CT molecular complexity index is 109. The fourth-order valence-corrected chi connectivity index (χ4v) is 0.779. The lowest BCUT2D eigenvalue weighted by Gasteiger charge is -2.18.